The maximum absolute atomic E-state index is 8.06. The van der Waals surface area contributed by atoms with Crippen molar-refractivity contribution in [2.24, 2.45) is 5.11 Å². The fraction of sp³-hybridized carbons (Fsp3) is 0.333. The van der Waals surface area contributed by atoms with E-state index in [0.29, 0.717) is 6.54 Å². The van der Waals surface area contributed by atoms with Crippen LogP contribution >= 0.6 is 15.9 Å². The molecule has 0 fully saturated rings. The Morgan fingerprint density at radius 1 is 1.46 bits per heavy atom. The Morgan fingerprint density at radius 2 is 2.31 bits per heavy atom. The molecule has 0 bridgehead atoms. The van der Waals surface area contributed by atoms with Crippen LogP contribution in [-0.2, 0) is 6.42 Å². The van der Waals surface area contributed by atoms with E-state index < -0.39 is 0 Å². The van der Waals surface area contributed by atoms with Crippen molar-refractivity contribution in [2.75, 3.05) is 6.54 Å². The summed E-state index contributed by atoms with van der Waals surface area (Å²) < 4.78 is 1.09. The van der Waals surface area contributed by atoms with Gasteiger partial charge in [0, 0.05) is 15.9 Å². The van der Waals surface area contributed by atoms with Crippen molar-refractivity contribution in [3.8, 4) is 0 Å². The molecular weight excluding hydrogens is 230 g/mol. The molecular formula is C9H10BrN3. The second-order valence-corrected chi connectivity index (χ2v) is 3.60. The minimum absolute atomic E-state index is 0.572. The minimum Gasteiger partial charge on any atom is -0.0940 e. The van der Waals surface area contributed by atoms with Gasteiger partial charge in [-0.3, -0.25) is 0 Å². The molecule has 1 rings (SSSR count). The molecule has 0 aliphatic heterocycles. The number of benzene rings is 1. The third-order valence-corrected chi connectivity index (χ3v) is 2.17. The lowest BCUT2D eigenvalue weighted by Gasteiger charge is -1.98. The Balaban J connectivity index is 2.40. The van der Waals surface area contributed by atoms with E-state index in [2.05, 4.69) is 38.1 Å². The van der Waals surface area contributed by atoms with Crippen molar-refractivity contribution in [1.82, 2.24) is 0 Å². The van der Waals surface area contributed by atoms with Crippen molar-refractivity contribution in [3.05, 3.63) is 44.7 Å². The summed E-state index contributed by atoms with van der Waals surface area (Å²) in [6, 6.07) is 8.15. The van der Waals surface area contributed by atoms with Crippen LogP contribution in [0.3, 0.4) is 0 Å². The van der Waals surface area contributed by atoms with E-state index in [4.69, 9.17) is 5.53 Å². The molecule has 0 atom stereocenters. The van der Waals surface area contributed by atoms with Crippen molar-refractivity contribution >= 4 is 15.9 Å². The van der Waals surface area contributed by atoms with Gasteiger partial charge in [0.15, 0.2) is 0 Å². The van der Waals surface area contributed by atoms with E-state index >= 15 is 0 Å². The molecule has 0 N–H and O–H groups in total. The van der Waals surface area contributed by atoms with E-state index in [1.165, 1.54) is 5.56 Å². The Hall–Kier alpha value is -0.990. The van der Waals surface area contributed by atoms with Crippen molar-refractivity contribution in [1.29, 1.82) is 0 Å². The fourth-order valence-electron chi connectivity index (χ4n) is 1.09. The topological polar surface area (TPSA) is 48.8 Å². The number of hydrogen-bond donors (Lipinski definition) is 0. The lowest BCUT2D eigenvalue weighted by atomic mass is 10.1. The molecule has 4 heteroatoms. The Labute approximate surface area is 85.5 Å². The predicted octanol–water partition coefficient (Wildman–Crippen LogP) is 3.69. The summed E-state index contributed by atoms with van der Waals surface area (Å²) in [5.41, 5.74) is 9.32. The lowest BCUT2D eigenvalue weighted by molar-refractivity contribution is 0.827. The quantitative estimate of drug-likeness (QED) is 0.333. The lowest BCUT2D eigenvalue weighted by Crippen LogP contribution is -1.87. The van der Waals surface area contributed by atoms with Gasteiger partial charge in [-0.25, -0.2) is 0 Å². The van der Waals surface area contributed by atoms with Crippen LogP contribution in [0.25, 0.3) is 10.4 Å². The van der Waals surface area contributed by atoms with Gasteiger partial charge in [-0.15, -0.1) is 0 Å². The van der Waals surface area contributed by atoms with Crippen LogP contribution < -0.4 is 0 Å². The molecule has 0 heterocycles. The third kappa shape index (κ3) is 3.97. The van der Waals surface area contributed by atoms with Crippen molar-refractivity contribution in [2.45, 2.75) is 12.8 Å². The van der Waals surface area contributed by atoms with Gasteiger partial charge in [0.05, 0.1) is 0 Å². The molecule has 0 saturated heterocycles. The van der Waals surface area contributed by atoms with Crippen LogP contribution in [0.15, 0.2) is 33.9 Å². The zero-order valence-electron chi connectivity index (χ0n) is 7.15. The second kappa shape index (κ2) is 5.62. The number of aryl methyl sites for hydroxylation is 1. The molecule has 0 aliphatic rings. The Morgan fingerprint density at radius 3 is 3.00 bits per heavy atom. The van der Waals surface area contributed by atoms with Crippen LogP contribution in [0.1, 0.15) is 12.0 Å². The number of hydrogen-bond acceptors (Lipinski definition) is 1. The van der Waals surface area contributed by atoms with Crippen LogP contribution in [0, 0.1) is 0 Å². The number of rotatable bonds is 4. The predicted molar refractivity (Wildman–Crippen MR) is 56.5 cm³/mol. The first-order valence-corrected chi connectivity index (χ1v) is 4.87. The first kappa shape index (κ1) is 10.1. The molecule has 0 aromatic heterocycles. The largest absolute Gasteiger partial charge is 0.0940 e. The zero-order valence-corrected chi connectivity index (χ0v) is 8.74. The van der Waals surface area contributed by atoms with Crippen molar-refractivity contribution < 1.29 is 0 Å². The normalized spacial score (nSPS) is 9.31. The monoisotopic (exact) mass is 239 g/mol. The van der Waals surface area contributed by atoms with Crippen LogP contribution in [-0.4, -0.2) is 6.54 Å². The minimum atomic E-state index is 0.572. The third-order valence-electron chi connectivity index (χ3n) is 1.68. The Kier molecular flexibility index (Phi) is 4.36. The van der Waals surface area contributed by atoms with Gasteiger partial charge in [0.1, 0.15) is 0 Å². The fourth-order valence-corrected chi connectivity index (χ4v) is 1.54. The summed E-state index contributed by atoms with van der Waals surface area (Å²) >= 11 is 3.40. The van der Waals surface area contributed by atoms with E-state index in [-0.39, 0.29) is 0 Å². The molecule has 0 unspecified atom stereocenters. The Bertz CT molecular complexity index is 318. The molecule has 3 nitrogen and oxygen atoms in total. The maximum atomic E-state index is 8.06. The summed E-state index contributed by atoms with van der Waals surface area (Å²) in [6.45, 7) is 0.572. The highest BCUT2D eigenvalue weighted by Crippen LogP contribution is 2.12. The summed E-state index contributed by atoms with van der Waals surface area (Å²) in [4.78, 5) is 2.70. The van der Waals surface area contributed by atoms with Gasteiger partial charge in [0.2, 0.25) is 0 Å². The van der Waals surface area contributed by atoms with E-state index in [0.717, 1.165) is 17.3 Å². The molecule has 1 aromatic carbocycles. The van der Waals surface area contributed by atoms with Gasteiger partial charge in [-0.2, -0.15) is 0 Å². The highest BCUT2D eigenvalue weighted by atomic mass is 79.9. The average molecular weight is 240 g/mol. The highest BCUT2D eigenvalue weighted by Gasteiger charge is 1.92. The smallest absolute Gasteiger partial charge is 0.0261 e. The number of halogens is 1. The first-order valence-electron chi connectivity index (χ1n) is 4.08. The van der Waals surface area contributed by atoms with E-state index in [9.17, 15) is 0 Å². The molecule has 0 aliphatic carbocycles. The molecule has 68 valence electrons. The SMILES string of the molecule is [N-]=[N+]=NCCCc1cccc(Br)c1. The molecule has 0 saturated carbocycles. The van der Waals surface area contributed by atoms with Gasteiger partial charge >= 0.3 is 0 Å². The average Bonchev–Trinajstić information content (AvgIpc) is 2.13. The standard InChI is InChI=1S/C9H10BrN3/c10-9-5-1-3-8(7-9)4-2-6-12-13-11/h1,3,5,7H,2,4,6H2. The van der Waals surface area contributed by atoms with Gasteiger partial charge in [0.25, 0.3) is 0 Å². The van der Waals surface area contributed by atoms with E-state index in [1.54, 1.807) is 0 Å². The molecule has 0 radical (unpaired) electrons. The molecule has 0 amide bonds. The van der Waals surface area contributed by atoms with Crippen LogP contribution in [0.4, 0.5) is 0 Å². The van der Waals surface area contributed by atoms with E-state index in [1.807, 2.05) is 12.1 Å². The maximum Gasteiger partial charge on any atom is 0.0261 e. The molecule has 13 heavy (non-hydrogen) atoms. The summed E-state index contributed by atoms with van der Waals surface area (Å²) in [6.07, 6.45) is 1.86. The van der Waals surface area contributed by atoms with Gasteiger partial charge in [-0.05, 0) is 36.1 Å². The summed E-state index contributed by atoms with van der Waals surface area (Å²) in [5, 5.41) is 3.48. The first-order chi connectivity index (χ1) is 6.33. The van der Waals surface area contributed by atoms with Gasteiger partial charge in [-0.1, -0.05) is 33.2 Å². The van der Waals surface area contributed by atoms with Crippen LogP contribution in [0.2, 0.25) is 0 Å². The molecule has 1 aromatic rings. The highest BCUT2D eigenvalue weighted by molar-refractivity contribution is 9.10. The molecule has 0 spiro atoms. The summed E-state index contributed by atoms with van der Waals surface area (Å²) in [5.74, 6) is 0. The summed E-state index contributed by atoms with van der Waals surface area (Å²) in [7, 11) is 0. The van der Waals surface area contributed by atoms with Gasteiger partial charge < -0.3 is 0 Å². The number of azide groups is 1. The number of nitrogens with zero attached hydrogens (tertiary/aromatic N) is 3. The van der Waals surface area contributed by atoms with Crippen LogP contribution in [0.5, 0.6) is 0 Å². The second-order valence-electron chi connectivity index (χ2n) is 2.69. The zero-order chi connectivity index (χ0) is 9.52. The van der Waals surface area contributed by atoms with Crippen molar-refractivity contribution in [3.63, 3.8) is 0 Å².